The average Bonchev–Trinajstić information content (AvgIpc) is 3.46. The number of benzene rings is 4. The van der Waals surface area contributed by atoms with Crippen molar-refractivity contribution in [1.29, 1.82) is 0 Å². The van der Waals surface area contributed by atoms with Crippen LogP contribution >= 0.6 is 22.9 Å². The largest absolute Gasteiger partial charge is 0.484 e. The van der Waals surface area contributed by atoms with Crippen LogP contribution < -0.4 is 20.8 Å². The van der Waals surface area contributed by atoms with Crippen LogP contribution in [0.3, 0.4) is 0 Å². The third kappa shape index (κ3) is 8.01. The topological polar surface area (TPSA) is 105 Å². The fourth-order valence-electron chi connectivity index (χ4n) is 3.69. The van der Waals surface area contributed by atoms with E-state index in [1.165, 1.54) is 17.6 Å². The summed E-state index contributed by atoms with van der Waals surface area (Å²) in [5.41, 5.74) is 7.01. The predicted molar refractivity (Wildman–Crippen MR) is 164 cm³/mol. The van der Waals surface area contributed by atoms with Gasteiger partial charge in [-0.05, 0) is 66.2 Å². The predicted octanol–water partition coefficient (Wildman–Crippen LogP) is 6.99. The van der Waals surface area contributed by atoms with Gasteiger partial charge in [0, 0.05) is 32.9 Å². The lowest BCUT2D eigenvalue weighted by Gasteiger charge is -2.08. The molecule has 8 nitrogen and oxygen atoms in total. The first-order valence-electron chi connectivity index (χ1n) is 12.5. The molecular formula is C31H24ClN5O3S. The van der Waals surface area contributed by atoms with Crippen LogP contribution in [0.2, 0.25) is 5.02 Å². The first-order valence-corrected chi connectivity index (χ1v) is 13.8. The van der Waals surface area contributed by atoms with Gasteiger partial charge >= 0.3 is 0 Å². The summed E-state index contributed by atoms with van der Waals surface area (Å²) in [5.74, 6) is -0.154. The minimum absolute atomic E-state index is 0.165. The van der Waals surface area contributed by atoms with E-state index in [9.17, 15) is 9.59 Å². The molecular weight excluding hydrogens is 558 g/mol. The Morgan fingerprint density at radius 2 is 1.68 bits per heavy atom. The highest BCUT2D eigenvalue weighted by Crippen LogP contribution is 2.27. The molecule has 4 aromatic carbocycles. The van der Waals surface area contributed by atoms with Crippen LogP contribution in [0.1, 0.15) is 15.9 Å². The van der Waals surface area contributed by atoms with Crippen molar-refractivity contribution < 1.29 is 14.3 Å². The fourth-order valence-corrected chi connectivity index (χ4v) is 4.56. The molecule has 0 aliphatic carbocycles. The zero-order valence-electron chi connectivity index (χ0n) is 21.6. The van der Waals surface area contributed by atoms with Gasteiger partial charge in [-0.3, -0.25) is 9.59 Å². The maximum atomic E-state index is 12.6. The van der Waals surface area contributed by atoms with Crippen molar-refractivity contribution in [2.45, 2.75) is 0 Å². The lowest BCUT2D eigenvalue weighted by Crippen LogP contribution is -2.20. The maximum absolute atomic E-state index is 12.6. The molecule has 5 rings (SSSR count). The Morgan fingerprint density at radius 1 is 0.902 bits per heavy atom. The highest BCUT2D eigenvalue weighted by Gasteiger charge is 2.09. The number of thiazole rings is 1. The van der Waals surface area contributed by atoms with Crippen LogP contribution in [-0.4, -0.2) is 29.6 Å². The Balaban J connectivity index is 1.11. The molecule has 0 radical (unpaired) electrons. The van der Waals surface area contributed by atoms with Crippen LogP contribution in [0.15, 0.2) is 114 Å². The number of nitrogens with one attached hydrogen (secondary N) is 3. The molecule has 0 aliphatic heterocycles. The van der Waals surface area contributed by atoms with Crippen LogP contribution in [-0.2, 0) is 4.79 Å². The molecule has 0 bridgehead atoms. The van der Waals surface area contributed by atoms with Gasteiger partial charge in [-0.1, -0.05) is 54.1 Å². The first kappa shape index (κ1) is 27.6. The zero-order valence-corrected chi connectivity index (χ0v) is 23.2. The monoisotopic (exact) mass is 581 g/mol. The molecule has 41 heavy (non-hydrogen) atoms. The Morgan fingerprint density at radius 3 is 2.46 bits per heavy atom. The van der Waals surface area contributed by atoms with Crippen molar-refractivity contribution in [3.8, 4) is 17.0 Å². The lowest BCUT2D eigenvalue weighted by atomic mass is 10.1. The molecule has 10 heteroatoms. The number of nitrogens with zero attached hydrogens (tertiary/aromatic N) is 2. The molecule has 0 aliphatic rings. The van der Waals surface area contributed by atoms with E-state index in [0.717, 1.165) is 22.1 Å². The number of hydrogen-bond acceptors (Lipinski definition) is 7. The highest BCUT2D eigenvalue weighted by atomic mass is 35.5. The SMILES string of the molecule is O=C(COc1cccc(/C=N/NC(=O)c2ccc(-c3csc(Nc4ccccc4)n3)cc2)c1)Nc1ccc(Cl)cc1. The second-order valence-corrected chi connectivity index (χ2v) is 10.0. The third-order valence-electron chi connectivity index (χ3n) is 5.71. The summed E-state index contributed by atoms with van der Waals surface area (Å²) in [5, 5.41) is 13.4. The summed E-state index contributed by atoms with van der Waals surface area (Å²) in [4.78, 5) is 29.4. The summed E-state index contributed by atoms with van der Waals surface area (Å²) in [7, 11) is 0. The number of carbonyl (C=O) groups excluding carboxylic acids is 2. The molecule has 3 N–H and O–H groups in total. The highest BCUT2D eigenvalue weighted by molar-refractivity contribution is 7.14. The van der Waals surface area contributed by atoms with Crippen molar-refractivity contribution in [2.75, 3.05) is 17.2 Å². The number of amides is 2. The Kier molecular flexibility index (Phi) is 9.00. The third-order valence-corrected chi connectivity index (χ3v) is 6.72. The molecule has 0 spiro atoms. The minimum atomic E-state index is -0.344. The average molecular weight is 582 g/mol. The molecule has 0 atom stereocenters. The Labute approximate surface area is 245 Å². The molecule has 1 aromatic heterocycles. The lowest BCUT2D eigenvalue weighted by molar-refractivity contribution is -0.118. The summed E-state index contributed by atoms with van der Waals surface area (Å²) in [6.45, 7) is -0.165. The molecule has 0 saturated carbocycles. The molecule has 0 saturated heterocycles. The van der Waals surface area contributed by atoms with Gasteiger partial charge in [0.1, 0.15) is 5.75 Å². The molecule has 5 aromatic rings. The summed E-state index contributed by atoms with van der Waals surface area (Å²) >= 11 is 7.37. The quantitative estimate of drug-likeness (QED) is 0.122. The van der Waals surface area contributed by atoms with Crippen molar-refractivity contribution >= 4 is 57.5 Å². The Hall–Kier alpha value is -4.99. The van der Waals surface area contributed by atoms with Gasteiger partial charge in [-0.25, -0.2) is 10.4 Å². The van der Waals surface area contributed by atoms with E-state index in [1.54, 1.807) is 60.7 Å². The van der Waals surface area contributed by atoms with Crippen LogP contribution in [0, 0.1) is 0 Å². The van der Waals surface area contributed by atoms with E-state index < -0.39 is 0 Å². The van der Waals surface area contributed by atoms with Gasteiger partial charge in [0.25, 0.3) is 11.8 Å². The summed E-state index contributed by atoms with van der Waals surface area (Å²) < 4.78 is 5.58. The van der Waals surface area contributed by atoms with E-state index in [2.05, 4.69) is 26.1 Å². The molecule has 0 fully saturated rings. The first-order chi connectivity index (χ1) is 20.0. The van der Waals surface area contributed by atoms with Crippen LogP contribution in [0.4, 0.5) is 16.5 Å². The van der Waals surface area contributed by atoms with Crippen molar-refractivity contribution in [3.63, 3.8) is 0 Å². The zero-order chi connectivity index (χ0) is 28.4. The van der Waals surface area contributed by atoms with Gasteiger partial charge in [-0.15, -0.1) is 11.3 Å². The number of rotatable bonds is 10. The number of halogens is 1. The van der Waals surface area contributed by atoms with Crippen molar-refractivity contribution in [3.05, 3.63) is 125 Å². The van der Waals surface area contributed by atoms with Gasteiger partial charge < -0.3 is 15.4 Å². The van der Waals surface area contributed by atoms with Crippen LogP contribution in [0.25, 0.3) is 11.3 Å². The smallest absolute Gasteiger partial charge is 0.271 e. The fraction of sp³-hybridized carbons (Fsp3) is 0.0323. The maximum Gasteiger partial charge on any atom is 0.271 e. The van der Waals surface area contributed by atoms with E-state index in [1.807, 2.05) is 47.8 Å². The molecule has 204 valence electrons. The Bertz CT molecular complexity index is 1660. The van der Waals surface area contributed by atoms with E-state index in [-0.39, 0.29) is 18.4 Å². The van der Waals surface area contributed by atoms with E-state index >= 15 is 0 Å². The van der Waals surface area contributed by atoms with Gasteiger partial charge in [0.15, 0.2) is 11.7 Å². The van der Waals surface area contributed by atoms with Crippen molar-refractivity contribution in [2.24, 2.45) is 5.10 Å². The number of anilines is 3. The minimum Gasteiger partial charge on any atom is -0.484 e. The standard InChI is InChI=1S/C31H24ClN5O3S/c32-24-13-15-26(16-14-24)34-29(38)19-40-27-8-4-5-21(17-27)18-33-37-30(39)23-11-9-22(10-12-23)28-20-41-31(36-28)35-25-6-2-1-3-7-25/h1-18,20H,19H2,(H,34,38)(H,35,36)(H,37,39)/b33-18+. The van der Waals surface area contributed by atoms with Gasteiger partial charge in [0.05, 0.1) is 11.9 Å². The number of hydrazone groups is 1. The number of carbonyl (C=O) groups is 2. The number of para-hydroxylation sites is 1. The van der Waals surface area contributed by atoms with Gasteiger partial charge in [-0.2, -0.15) is 5.10 Å². The van der Waals surface area contributed by atoms with E-state index in [4.69, 9.17) is 16.3 Å². The molecule has 0 unspecified atom stereocenters. The summed E-state index contributed by atoms with van der Waals surface area (Å²) in [6.07, 6.45) is 1.50. The van der Waals surface area contributed by atoms with Gasteiger partial charge in [0.2, 0.25) is 0 Å². The number of ether oxygens (including phenoxy) is 1. The normalized spacial score (nSPS) is 10.8. The van der Waals surface area contributed by atoms with E-state index in [0.29, 0.717) is 27.6 Å². The second kappa shape index (κ2) is 13.4. The summed E-state index contributed by atoms with van der Waals surface area (Å²) in [6, 6.07) is 30.8. The van der Waals surface area contributed by atoms with Crippen molar-refractivity contribution in [1.82, 2.24) is 10.4 Å². The molecule has 2 amide bonds. The molecule has 1 heterocycles. The van der Waals surface area contributed by atoms with Crippen LogP contribution in [0.5, 0.6) is 5.75 Å². The number of aromatic nitrogens is 1. The number of hydrogen-bond donors (Lipinski definition) is 3. The second-order valence-electron chi connectivity index (χ2n) is 8.72.